The molecule has 0 fully saturated rings. The number of hydrogen-bond donors (Lipinski definition) is 1. The minimum Gasteiger partial charge on any atom is -0.462 e. The van der Waals surface area contributed by atoms with E-state index in [-0.39, 0.29) is 5.91 Å². The topological polar surface area (TPSA) is 100 Å². The summed E-state index contributed by atoms with van der Waals surface area (Å²) in [4.78, 5) is 34.3. The molecule has 8 heteroatoms. The second kappa shape index (κ2) is 8.62. The fourth-order valence-corrected chi connectivity index (χ4v) is 1.69. The van der Waals surface area contributed by atoms with Crippen molar-refractivity contribution >= 4 is 23.5 Å². The molecule has 23 heavy (non-hydrogen) atoms. The maximum Gasteiger partial charge on any atom is 0.338 e. The molecular weight excluding hydrogens is 300 g/mol. The van der Waals surface area contributed by atoms with Gasteiger partial charge in [0.15, 0.2) is 0 Å². The van der Waals surface area contributed by atoms with E-state index in [9.17, 15) is 14.4 Å². The third-order valence-electron chi connectivity index (χ3n) is 2.78. The van der Waals surface area contributed by atoms with Crippen molar-refractivity contribution in [3.05, 3.63) is 29.8 Å². The fraction of sp³-hybridized carbons (Fsp3) is 0.400. The standard InChI is InChI=1S/C15H20N4O4/c1-5-23-15(22)12-6-8-13(9-7-12)17-18-19(4)14(21)10(2)16-11(3)20/h6-10H,5H2,1-4H3,(H,16,20)/t10-/m0/s1. The van der Waals surface area contributed by atoms with E-state index in [2.05, 4.69) is 15.7 Å². The summed E-state index contributed by atoms with van der Waals surface area (Å²) >= 11 is 0. The van der Waals surface area contributed by atoms with Crippen LogP contribution in [0.15, 0.2) is 34.6 Å². The lowest BCUT2D eigenvalue weighted by molar-refractivity contribution is -0.134. The zero-order valence-electron chi connectivity index (χ0n) is 13.6. The summed E-state index contributed by atoms with van der Waals surface area (Å²) in [5.74, 6) is -1.11. The molecule has 0 unspecified atom stereocenters. The van der Waals surface area contributed by atoms with Gasteiger partial charge in [-0.05, 0) is 38.1 Å². The van der Waals surface area contributed by atoms with Crippen molar-refractivity contribution in [3.8, 4) is 0 Å². The summed E-state index contributed by atoms with van der Waals surface area (Å²) in [5, 5.41) is 11.2. The zero-order chi connectivity index (χ0) is 17.4. The Morgan fingerprint density at radius 3 is 2.39 bits per heavy atom. The van der Waals surface area contributed by atoms with Gasteiger partial charge in [-0.15, -0.1) is 5.11 Å². The van der Waals surface area contributed by atoms with Gasteiger partial charge >= 0.3 is 5.97 Å². The summed E-state index contributed by atoms with van der Waals surface area (Å²) in [6.07, 6.45) is 0. The first-order valence-electron chi connectivity index (χ1n) is 7.08. The summed E-state index contributed by atoms with van der Waals surface area (Å²) in [6, 6.07) is 5.61. The van der Waals surface area contributed by atoms with Gasteiger partial charge in [0.2, 0.25) is 5.91 Å². The molecule has 0 spiro atoms. The van der Waals surface area contributed by atoms with Crippen molar-refractivity contribution in [3.63, 3.8) is 0 Å². The summed E-state index contributed by atoms with van der Waals surface area (Å²) in [5.41, 5.74) is 0.888. The van der Waals surface area contributed by atoms with Gasteiger partial charge in [0.1, 0.15) is 6.04 Å². The van der Waals surface area contributed by atoms with E-state index >= 15 is 0 Å². The Kier molecular flexibility index (Phi) is 6.85. The number of carbonyl (C=O) groups excluding carboxylic acids is 3. The lowest BCUT2D eigenvalue weighted by atomic mass is 10.2. The Morgan fingerprint density at radius 1 is 1.26 bits per heavy atom. The fourth-order valence-electron chi connectivity index (χ4n) is 1.69. The molecule has 0 radical (unpaired) electrons. The molecule has 0 saturated carbocycles. The minimum atomic E-state index is -0.692. The molecule has 1 aromatic rings. The van der Waals surface area contributed by atoms with Crippen LogP contribution in [0, 0.1) is 0 Å². The number of hydrogen-bond acceptors (Lipinski definition) is 6. The highest BCUT2D eigenvalue weighted by atomic mass is 16.5. The molecule has 0 heterocycles. The Hall–Kier alpha value is -2.77. The molecule has 0 aliphatic rings. The van der Waals surface area contributed by atoms with Crippen LogP contribution in [0.4, 0.5) is 5.69 Å². The minimum absolute atomic E-state index is 0.300. The average Bonchev–Trinajstić information content (AvgIpc) is 2.51. The molecule has 2 amide bonds. The number of nitrogens with one attached hydrogen (secondary N) is 1. The van der Waals surface area contributed by atoms with Gasteiger partial charge < -0.3 is 10.1 Å². The van der Waals surface area contributed by atoms with E-state index in [1.807, 2.05) is 0 Å². The molecule has 0 bridgehead atoms. The summed E-state index contributed by atoms with van der Waals surface area (Å²) < 4.78 is 4.88. The molecule has 8 nitrogen and oxygen atoms in total. The lowest BCUT2D eigenvalue weighted by Crippen LogP contribution is -2.42. The Balaban J connectivity index is 2.67. The van der Waals surface area contributed by atoms with Crippen molar-refractivity contribution in [1.82, 2.24) is 10.3 Å². The van der Waals surface area contributed by atoms with E-state index in [4.69, 9.17) is 4.74 Å². The van der Waals surface area contributed by atoms with Gasteiger partial charge in [0.25, 0.3) is 5.91 Å². The first-order valence-corrected chi connectivity index (χ1v) is 7.08. The maximum atomic E-state index is 11.9. The van der Waals surface area contributed by atoms with Crippen molar-refractivity contribution in [2.24, 2.45) is 10.3 Å². The van der Waals surface area contributed by atoms with Crippen LogP contribution in [0.25, 0.3) is 0 Å². The van der Waals surface area contributed by atoms with E-state index in [1.54, 1.807) is 38.1 Å². The molecule has 1 N–H and O–H groups in total. The van der Waals surface area contributed by atoms with Gasteiger partial charge in [0.05, 0.1) is 17.9 Å². The molecule has 124 valence electrons. The number of nitrogens with zero attached hydrogens (tertiary/aromatic N) is 3. The Morgan fingerprint density at radius 2 is 1.87 bits per heavy atom. The van der Waals surface area contributed by atoms with E-state index in [0.29, 0.717) is 17.9 Å². The molecule has 0 saturated heterocycles. The molecule has 1 rings (SSSR count). The number of ether oxygens (including phenoxy) is 1. The van der Waals surface area contributed by atoms with Crippen molar-refractivity contribution < 1.29 is 19.1 Å². The number of carbonyl (C=O) groups is 3. The number of esters is 1. The second-order valence-corrected chi connectivity index (χ2v) is 4.74. The van der Waals surface area contributed by atoms with Gasteiger partial charge in [-0.1, -0.05) is 5.22 Å². The van der Waals surface area contributed by atoms with E-state index in [1.165, 1.54) is 14.0 Å². The van der Waals surface area contributed by atoms with Crippen LogP contribution in [0.3, 0.4) is 0 Å². The van der Waals surface area contributed by atoms with Crippen LogP contribution in [0.5, 0.6) is 0 Å². The molecule has 0 aromatic heterocycles. The highest BCUT2D eigenvalue weighted by Crippen LogP contribution is 2.14. The van der Waals surface area contributed by atoms with E-state index < -0.39 is 17.9 Å². The smallest absolute Gasteiger partial charge is 0.338 e. The van der Waals surface area contributed by atoms with Crippen LogP contribution in [0.1, 0.15) is 31.1 Å². The highest BCUT2D eigenvalue weighted by Gasteiger charge is 2.17. The molecule has 1 atom stereocenters. The normalized spacial score (nSPS) is 11.8. The summed E-state index contributed by atoms with van der Waals surface area (Å²) in [6.45, 7) is 4.93. The highest BCUT2D eigenvalue weighted by molar-refractivity contribution is 5.89. The third kappa shape index (κ3) is 5.85. The monoisotopic (exact) mass is 320 g/mol. The Labute approximate surface area is 134 Å². The number of benzene rings is 1. The SMILES string of the molecule is CCOC(=O)c1ccc(N=NN(C)C(=O)[C@H](C)NC(C)=O)cc1. The van der Waals surface area contributed by atoms with Gasteiger partial charge in [-0.3, -0.25) is 9.59 Å². The number of amides is 2. The van der Waals surface area contributed by atoms with Crippen molar-refractivity contribution in [1.29, 1.82) is 0 Å². The first-order chi connectivity index (χ1) is 10.8. The zero-order valence-corrected chi connectivity index (χ0v) is 13.6. The van der Waals surface area contributed by atoms with Gasteiger partial charge in [-0.2, -0.15) is 0 Å². The first kappa shape index (κ1) is 18.3. The number of rotatable bonds is 6. The predicted molar refractivity (Wildman–Crippen MR) is 83.0 cm³/mol. The molecule has 0 aliphatic carbocycles. The molecular formula is C15H20N4O4. The van der Waals surface area contributed by atoms with E-state index in [0.717, 1.165) is 5.01 Å². The van der Waals surface area contributed by atoms with Gasteiger partial charge in [0, 0.05) is 14.0 Å². The average molecular weight is 320 g/mol. The number of likely N-dealkylation sites (N-methyl/N-ethyl adjacent to an activating group) is 1. The van der Waals surface area contributed by atoms with Crippen LogP contribution < -0.4 is 5.32 Å². The predicted octanol–water partition coefficient (Wildman–Crippen LogP) is 1.84. The third-order valence-corrected chi connectivity index (χ3v) is 2.78. The van der Waals surface area contributed by atoms with Crippen molar-refractivity contribution in [2.75, 3.05) is 13.7 Å². The second-order valence-electron chi connectivity index (χ2n) is 4.74. The lowest BCUT2D eigenvalue weighted by Gasteiger charge is -2.15. The maximum absolute atomic E-state index is 11.9. The quantitative estimate of drug-likeness (QED) is 0.491. The van der Waals surface area contributed by atoms with Crippen LogP contribution in [-0.4, -0.2) is 42.5 Å². The van der Waals surface area contributed by atoms with Crippen molar-refractivity contribution in [2.45, 2.75) is 26.8 Å². The van der Waals surface area contributed by atoms with Crippen LogP contribution in [0.2, 0.25) is 0 Å². The Bertz CT molecular complexity index is 598. The van der Waals surface area contributed by atoms with Crippen LogP contribution >= 0.6 is 0 Å². The van der Waals surface area contributed by atoms with Crippen LogP contribution in [-0.2, 0) is 14.3 Å². The molecule has 1 aromatic carbocycles. The molecule has 0 aliphatic heterocycles. The largest absolute Gasteiger partial charge is 0.462 e. The van der Waals surface area contributed by atoms with Gasteiger partial charge in [-0.25, -0.2) is 9.80 Å². The summed E-state index contributed by atoms with van der Waals surface area (Å²) in [7, 11) is 1.44.